The Hall–Kier alpha value is -2.52. The van der Waals surface area contributed by atoms with Crippen LogP contribution in [0, 0.1) is 5.82 Å². The van der Waals surface area contributed by atoms with Gasteiger partial charge in [-0.2, -0.15) is 4.98 Å². The van der Waals surface area contributed by atoms with Gasteiger partial charge in [0, 0.05) is 38.2 Å². The smallest absolute Gasteiger partial charge is 0.227 e. The minimum absolute atomic E-state index is 0.294. The van der Waals surface area contributed by atoms with E-state index >= 15 is 0 Å². The Morgan fingerprint density at radius 2 is 2.00 bits per heavy atom. The number of guanidine groups is 1. The monoisotopic (exact) mass is 390 g/mol. The normalized spacial score (nSPS) is 15.7. The first-order chi connectivity index (χ1) is 13.7. The zero-order valence-corrected chi connectivity index (χ0v) is 15.9. The number of benzene rings is 1. The van der Waals surface area contributed by atoms with Gasteiger partial charge in [-0.05, 0) is 43.7 Å². The Balaban J connectivity index is 1.30. The third-order valence-corrected chi connectivity index (χ3v) is 4.46. The minimum atomic E-state index is -0.294. The Morgan fingerprint density at radius 3 is 2.79 bits per heavy atom. The fourth-order valence-corrected chi connectivity index (χ4v) is 2.90. The fraction of sp³-hybridized carbons (Fsp3) is 0.526. The van der Waals surface area contributed by atoms with Crippen LogP contribution in [0.2, 0.25) is 0 Å². The molecule has 2 aromatic rings. The van der Waals surface area contributed by atoms with E-state index in [-0.39, 0.29) is 5.82 Å². The number of nitrogens with two attached hydrogens (primary N) is 1. The SMILES string of the molecule is NC(=NCCCc1nc(-c2ccc(F)cc2)no1)NCCCN1CCOCC1. The summed E-state index contributed by atoms with van der Waals surface area (Å²) in [5.74, 6) is 1.16. The van der Waals surface area contributed by atoms with Crippen molar-refractivity contribution in [2.75, 3.05) is 45.9 Å². The van der Waals surface area contributed by atoms with Crippen LogP contribution in [0.15, 0.2) is 33.8 Å². The molecule has 0 aliphatic carbocycles. The van der Waals surface area contributed by atoms with Gasteiger partial charge >= 0.3 is 0 Å². The molecule has 1 saturated heterocycles. The van der Waals surface area contributed by atoms with E-state index in [2.05, 4.69) is 25.3 Å². The summed E-state index contributed by atoms with van der Waals surface area (Å²) in [6.45, 7) is 6.07. The van der Waals surface area contributed by atoms with E-state index in [1.165, 1.54) is 12.1 Å². The highest BCUT2D eigenvalue weighted by atomic mass is 19.1. The molecular formula is C19H27FN6O2. The first-order valence-corrected chi connectivity index (χ1v) is 9.63. The molecule has 8 nitrogen and oxygen atoms in total. The molecule has 1 fully saturated rings. The lowest BCUT2D eigenvalue weighted by Gasteiger charge is -2.26. The zero-order chi connectivity index (χ0) is 19.6. The van der Waals surface area contributed by atoms with E-state index in [9.17, 15) is 4.39 Å². The van der Waals surface area contributed by atoms with E-state index < -0.39 is 0 Å². The van der Waals surface area contributed by atoms with Crippen LogP contribution in [-0.4, -0.2) is 66.9 Å². The van der Waals surface area contributed by atoms with Crippen molar-refractivity contribution < 1.29 is 13.7 Å². The molecule has 3 rings (SSSR count). The average molecular weight is 390 g/mol. The third-order valence-electron chi connectivity index (χ3n) is 4.46. The third kappa shape index (κ3) is 6.58. The highest BCUT2D eigenvalue weighted by Crippen LogP contribution is 2.16. The Bertz CT molecular complexity index is 743. The molecule has 1 aliphatic heterocycles. The van der Waals surface area contributed by atoms with Crippen molar-refractivity contribution in [1.29, 1.82) is 0 Å². The molecule has 9 heteroatoms. The van der Waals surface area contributed by atoms with Crippen LogP contribution in [0.3, 0.4) is 0 Å². The number of aliphatic imine (C=N–C) groups is 1. The van der Waals surface area contributed by atoms with Crippen LogP contribution in [0.4, 0.5) is 4.39 Å². The molecule has 28 heavy (non-hydrogen) atoms. The van der Waals surface area contributed by atoms with Crippen LogP contribution in [0.1, 0.15) is 18.7 Å². The first kappa shape index (κ1) is 20.2. The van der Waals surface area contributed by atoms with Crippen LogP contribution in [0.25, 0.3) is 11.4 Å². The molecule has 0 amide bonds. The molecule has 1 aromatic carbocycles. The van der Waals surface area contributed by atoms with E-state index in [1.807, 2.05) is 0 Å². The van der Waals surface area contributed by atoms with Crippen molar-refractivity contribution in [3.05, 3.63) is 36.0 Å². The van der Waals surface area contributed by atoms with Crippen molar-refractivity contribution >= 4 is 5.96 Å². The molecule has 152 valence electrons. The van der Waals surface area contributed by atoms with E-state index in [0.717, 1.165) is 57.8 Å². The van der Waals surface area contributed by atoms with Gasteiger partial charge in [-0.3, -0.25) is 9.89 Å². The van der Waals surface area contributed by atoms with Gasteiger partial charge in [0.1, 0.15) is 5.82 Å². The largest absolute Gasteiger partial charge is 0.379 e. The number of rotatable bonds is 9. The number of hydrogen-bond donors (Lipinski definition) is 2. The van der Waals surface area contributed by atoms with Gasteiger partial charge in [-0.15, -0.1) is 0 Å². The van der Waals surface area contributed by atoms with Crippen molar-refractivity contribution in [1.82, 2.24) is 20.4 Å². The summed E-state index contributed by atoms with van der Waals surface area (Å²) in [7, 11) is 0. The lowest BCUT2D eigenvalue weighted by molar-refractivity contribution is 0.0376. The standard InChI is InChI=1S/C19H27FN6O2/c20-16-6-4-15(5-7-16)18-24-17(28-25-18)3-1-8-22-19(21)23-9-2-10-26-11-13-27-14-12-26/h4-7H,1-3,8-14H2,(H3,21,22,23). The molecule has 0 unspecified atom stereocenters. The molecule has 3 N–H and O–H groups in total. The Morgan fingerprint density at radius 1 is 1.21 bits per heavy atom. The predicted octanol–water partition coefficient (Wildman–Crippen LogP) is 1.43. The molecule has 0 bridgehead atoms. The highest BCUT2D eigenvalue weighted by molar-refractivity contribution is 5.77. The fourth-order valence-electron chi connectivity index (χ4n) is 2.90. The van der Waals surface area contributed by atoms with Crippen LogP contribution < -0.4 is 11.1 Å². The summed E-state index contributed by atoms with van der Waals surface area (Å²) in [5.41, 5.74) is 6.61. The summed E-state index contributed by atoms with van der Waals surface area (Å²) in [6.07, 6.45) is 2.38. The Labute approximate surface area is 164 Å². The van der Waals surface area contributed by atoms with E-state index in [1.54, 1.807) is 12.1 Å². The number of aromatic nitrogens is 2. The minimum Gasteiger partial charge on any atom is -0.379 e. The number of nitrogens with one attached hydrogen (secondary N) is 1. The summed E-state index contributed by atoms with van der Waals surface area (Å²) in [6, 6.07) is 5.99. The summed E-state index contributed by atoms with van der Waals surface area (Å²) >= 11 is 0. The molecule has 1 aromatic heterocycles. The molecule has 0 saturated carbocycles. The molecule has 2 heterocycles. The quantitative estimate of drug-likeness (QED) is 0.379. The van der Waals surface area contributed by atoms with Crippen molar-refractivity contribution in [3.8, 4) is 11.4 Å². The van der Waals surface area contributed by atoms with Crippen molar-refractivity contribution in [2.45, 2.75) is 19.3 Å². The maximum Gasteiger partial charge on any atom is 0.227 e. The number of hydrogen-bond acceptors (Lipinski definition) is 6. The summed E-state index contributed by atoms with van der Waals surface area (Å²) < 4.78 is 23.5. The average Bonchev–Trinajstić information content (AvgIpc) is 3.19. The predicted molar refractivity (Wildman–Crippen MR) is 104 cm³/mol. The molecule has 0 radical (unpaired) electrons. The number of nitrogens with zero attached hydrogens (tertiary/aromatic N) is 4. The number of aryl methyl sites for hydroxylation is 1. The topological polar surface area (TPSA) is 102 Å². The van der Waals surface area contributed by atoms with Crippen LogP contribution in [0.5, 0.6) is 0 Å². The Kier molecular flexibility index (Phi) is 7.74. The van der Waals surface area contributed by atoms with Gasteiger partial charge in [0.2, 0.25) is 11.7 Å². The van der Waals surface area contributed by atoms with Gasteiger partial charge in [0.05, 0.1) is 13.2 Å². The van der Waals surface area contributed by atoms with Gasteiger partial charge < -0.3 is 20.3 Å². The second kappa shape index (κ2) is 10.7. The number of ether oxygens (including phenoxy) is 1. The van der Waals surface area contributed by atoms with Gasteiger partial charge in [0.15, 0.2) is 5.96 Å². The van der Waals surface area contributed by atoms with Gasteiger partial charge in [-0.25, -0.2) is 4.39 Å². The molecular weight excluding hydrogens is 363 g/mol. The highest BCUT2D eigenvalue weighted by Gasteiger charge is 2.10. The lowest BCUT2D eigenvalue weighted by Crippen LogP contribution is -2.39. The number of morpholine rings is 1. The maximum atomic E-state index is 13.0. The zero-order valence-electron chi connectivity index (χ0n) is 15.9. The van der Waals surface area contributed by atoms with E-state index in [4.69, 9.17) is 15.0 Å². The van der Waals surface area contributed by atoms with Crippen LogP contribution in [-0.2, 0) is 11.2 Å². The summed E-state index contributed by atoms with van der Waals surface area (Å²) in [5, 5.41) is 7.06. The number of halogens is 1. The van der Waals surface area contributed by atoms with Gasteiger partial charge in [0.25, 0.3) is 0 Å². The maximum absolute atomic E-state index is 13.0. The van der Waals surface area contributed by atoms with Gasteiger partial charge in [-0.1, -0.05) is 5.16 Å². The molecule has 0 atom stereocenters. The molecule has 0 spiro atoms. The summed E-state index contributed by atoms with van der Waals surface area (Å²) in [4.78, 5) is 11.0. The van der Waals surface area contributed by atoms with E-state index in [0.29, 0.717) is 30.6 Å². The molecule has 1 aliphatic rings. The second-order valence-corrected chi connectivity index (χ2v) is 6.62. The van der Waals surface area contributed by atoms with Crippen molar-refractivity contribution in [2.24, 2.45) is 10.7 Å². The van der Waals surface area contributed by atoms with Crippen molar-refractivity contribution in [3.63, 3.8) is 0 Å². The second-order valence-electron chi connectivity index (χ2n) is 6.62. The first-order valence-electron chi connectivity index (χ1n) is 9.63. The van der Waals surface area contributed by atoms with Crippen LogP contribution >= 0.6 is 0 Å². The lowest BCUT2D eigenvalue weighted by atomic mass is 10.2.